The lowest BCUT2D eigenvalue weighted by Crippen LogP contribution is -2.38. The van der Waals surface area contributed by atoms with Crippen molar-refractivity contribution in [2.24, 2.45) is 0 Å². The van der Waals surface area contributed by atoms with Crippen molar-refractivity contribution in [1.29, 1.82) is 0 Å². The van der Waals surface area contributed by atoms with E-state index in [-0.39, 0.29) is 12.7 Å². The lowest BCUT2D eigenvalue weighted by atomic mass is 10.1. The number of carbonyl (C=O) groups is 2. The Balaban J connectivity index is 1.33. The lowest BCUT2D eigenvalue weighted by Gasteiger charge is -2.23. The molecule has 2 N–H and O–H groups in total. The molecule has 186 valence electrons. The number of rotatable bonds is 6. The highest BCUT2D eigenvalue weighted by molar-refractivity contribution is 6.00. The summed E-state index contributed by atoms with van der Waals surface area (Å²) in [7, 11) is 1.57. The largest absolute Gasteiger partial charge is 0.497 e. The summed E-state index contributed by atoms with van der Waals surface area (Å²) in [6, 6.07) is 17.8. The number of carbonyl (C=O) groups excluding carboxylic acids is 2. The Morgan fingerprint density at radius 1 is 1.00 bits per heavy atom. The zero-order valence-electron chi connectivity index (χ0n) is 20.1. The highest BCUT2D eigenvalue weighted by atomic mass is 16.7. The van der Waals surface area contributed by atoms with Gasteiger partial charge in [0.2, 0.25) is 6.79 Å². The number of nitrogens with zero attached hydrogens (tertiary/aromatic N) is 1. The van der Waals surface area contributed by atoms with Crippen LogP contribution in [-0.4, -0.2) is 36.8 Å². The molecule has 0 fully saturated rings. The Morgan fingerprint density at radius 2 is 1.78 bits per heavy atom. The molecule has 0 saturated heterocycles. The highest BCUT2D eigenvalue weighted by Gasteiger charge is 2.30. The average molecular weight is 490 g/mol. The number of anilines is 2. The fraction of sp³-hybridized carbons (Fsp3) is 0.259. The van der Waals surface area contributed by atoms with E-state index in [1.165, 1.54) is 0 Å². The third kappa shape index (κ3) is 5.00. The summed E-state index contributed by atoms with van der Waals surface area (Å²) in [4.78, 5) is 27.6. The molecule has 0 aliphatic carbocycles. The van der Waals surface area contributed by atoms with Crippen LogP contribution in [-0.2, 0) is 17.9 Å². The van der Waals surface area contributed by atoms with Crippen LogP contribution in [0.3, 0.4) is 0 Å². The van der Waals surface area contributed by atoms with Gasteiger partial charge in [-0.2, -0.15) is 0 Å². The fourth-order valence-corrected chi connectivity index (χ4v) is 4.23. The van der Waals surface area contributed by atoms with Gasteiger partial charge in [-0.25, -0.2) is 4.79 Å². The number of fused-ring (bicyclic) bond motifs is 2. The second-order valence-corrected chi connectivity index (χ2v) is 8.53. The van der Waals surface area contributed by atoms with Gasteiger partial charge in [-0.15, -0.1) is 0 Å². The molecule has 3 aromatic carbocycles. The fourth-order valence-electron chi connectivity index (χ4n) is 4.23. The van der Waals surface area contributed by atoms with Gasteiger partial charge in [0.15, 0.2) is 17.6 Å². The van der Waals surface area contributed by atoms with E-state index < -0.39 is 12.1 Å². The quantitative estimate of drug-likeness (QED) is 0.518. The first-order valence-corrected chi connectivity index (χ1v) is 11.7. The van der Waals surface area contributed by atoms with E-state index in [4.69, 9.17) is 18.9 Å². The van der Waals surface area contributed by atoms with E-state index in [2.05, 4.69) is 10.6 Å². The molecule has 0 aromatic heterocycles. The van der Waals surface area contributed by atoms with E-state index in [1.54, 1.807) is 48.4 Å². The van der Waals surface area contributed by atoms with Crippen molar-refractivity contribution in [2.45, 2.75) is 32.5 Å². The maximum atomic E-state index is 13.3. The summed E-state index contributed by atoms with van der Waals surface area (Å²) in [5, 5.41) is 5.64. The van der Waals surface area contributed by atoms with Gasteiger partial charge in [0.05, 0.1) is 7.11 Å². The molecule has 5 rings (SSSR count). The SMILES string of the molecule is CCC1Oc2ccc(NC(=O)Nc3cccc(OC)c3)cc2CN(Cc2ccc3c(c2)OCO3)C1=O. The number of hydrogen-bond acceptors (Lipinski definition) is 6. The molecule has 36 heavy (non-hydrogen) atoms. The van der Waals surface area contributed by atoms with Crippen molar-refractivity contribution in [3.63, 3.8) is 0 Å². The van der Waals surface area contributed by atoms with Crippen LogP contribution in [0.5, 0.6) is 23.0 Å². The van der Waals surface area contributed by atoms with Gasteiger partial charge in [0, 0.05) is 36.1 Å². The average Bonchev–Trinajstić information content (AvgIpc) is 3.30. The monoisotopic (exact) mass is 489 g/mol. The molecule has 2 aliphatic heterocycles. The number of nitrogens with one attached hydrogen (secondary N) is 2. The van der Waals surface area contributed by atoms with Crippen molar-refractivity contribution in [3.05, 3.63) is 71.8 Å². The molecular formula is C27H27N3O6. The summed E-state index contributed by atoms with van der Waals surface area (Å²) in [6.45, 7) is 2.85. The zero-order chi connectivity index (χ0) is 25.1. The first-order valence-electron chi connectivity index (χ1n) is 11.7. The maximum absolute atomic E-state index is 13.3. The van der Waals surface area contributed by atoms with Gasteiger partial charge in [0.25, 0.3) is 5.91 Å². The molecule has 0 spiro atoms. The van der Waals surface area contributed by atoms with Crippen molar-refractivity contribution < 1.29 is 28.5 Å². The highest BCUT2D eigenvalue weighted by Crippen LogP contribution is 2.34. The molecule has 9 heteroatoms. The van der Waals surface area contributed by atoms with Crippen LogP contribution in [0, 0.1) is 0 Å². The van der Waals surface area contributed by atoms with Gasteiger partial charge in [0.1, 0.15) is 11.5 Å². The number of methoxy groups -OCH3 is 1. The molecule has 0 saturated carbocycles. The van der Waals surface area contributed by atoms with Crippen LogP contribution in [0.25, 0.3) is 0 Å². The minimum absolute atomic E-state index is 0.0864. The molecule has 0 bridgehead atoms. The van der Waals surface area contributed by atoms with Gasteiger partial charge in [-0.1, -0.05) is 19.1 Å². The van der Waals surface area contributed by atoms with E-state index in [1.807, 2.05) is 31.2 Å². The molecule has 3 aromatic rings. The van der Waals surface area contributed by atoms with E-state index in [9.17, 15) is 9.59 Å². The topological polar surface area (TPSA) is 98.4 Å². The number of urea groups is 1. The van der Waals surface area contributed by atoms with Crippen molar-refractivity contribution in [3.8, 4) is 23.0 Å². The summed E-state index contributed by atoms with van der Waals surface area (Å²) in [6.07, 6.45) is -0.0470. The minimum Gasteiger partial charge on any atom is -0.497 e. The van der Waals surface area contributed by atoms with E-state index >= 15 is 0 Å². The Bertz CT molecular complexity index is 1290. The Hall–Kier alpha value is -4.40. The Kier molecular flexibility index (Phi) is 6.53. The molecule has 1 atom stereocenters. The van der Waals surface area contributed by atoms with Gasteiger partial charge in [-0.3, -0.25) is 4.79 Å². The number of ether oxygens (including phenoxy) is 4. The number of amides is 3. The standard InChI is InChI=1S/C27H27N3O6/c1-3-22-26(31)30(14-17-7-9-24-25(11-17)35-16-34-24)15-18-12-20(8-10-23(18)36-22)29-27(32)28-19-5-4-6-21(13-19)33-2/h4-13,22H,3,14-16H2,1-2H3,(H2,28,29,32). The molecule has 9 nitrogen and oxygen atoms in total. The first kappa shape index (κ1) is 23.3. The van der Waals surface area contributed by atoms with Crippen LogP contribution in [0.4, 0.5) is 16.2 Å². The van der Waals surface area contributed by atoms with Crippen LogP contribution < -0.4 is 29.6 Å². The van der Waals surface area contributed by atoms with Crippen LogP contribution in [0.2, 0.25) is 0 Å². The lowest BCUT2D eigenvalue weighted by molar-refractivity contribution is -0.139. The smallest absolute Gasteiger partial charge is 0.323 e. The van der Waals surface area contributed by atoms with Crippen LogP contribution in [0.15, 0.2) is 60.7 Å². The molecule has 2 aliphatic rings. The number of hydrogen-bond donors (Lipinski definition) is 2. The van der Waals surface area contributed by atoms with Crippen LogP contribution >= 0.6 is 0 Å². The Morgan fingerprint density at radius 3 is 2.58 bits per heavy atom. The van der Waals surface area contributed by atoms with Gasteiger partial charge in [-0.05, 0) is 54.4 Å². The molecular weight excluding hydrogens is 462 g/mol. The van der Waals surface area contributed by atoms with Crippen molar-refractivity contribution in [2.75, 3.05) is 24.5 Å². The second-order valence-electron chi connectivity index (χ2n) is 8.53. The molecule has 3 amide bonds. The summed E-state index contributed by atoms with van der Waals surface area (Å²) in [5.41, 5.74) is 2.93. The van der Waals surface area contributed by atoms with Crippen molar-refractivity contribution >= 4 is 23.3 Å². The van der Waals surface area contributed by atoms with Crippen LogP contribution in [0.1, 0.15) is 24.5 Å². The summed E-state index contributed by atoms with van der Waals surface area (Å²) >= 11 is 0. The second kappa shape index (κ2) is 10.1. The number of benzene rings is 3. The summed E-state index contributed by atoms with van der Waals surface area (Å²) in [5.74, 6) is 2.56. The third-order valence-corrected chi connectivity index (χ3v) is 6.04. The third-order valence-electron chi connectivity index (χ3n) is 6.04. The normalized spacial score (nSPS) is 16.0. The minimum atomic E-state index is -0.588. The molecule has 2 heterocycles. The van der Waals surface area contributed by atoms with E-state index in [0.29, 0.717) is 53.9 Å². The van der Waals surface area contributed by atoms with Gasteiger partial charge >= 0.3 is 6.03 Å². The maximum Gasteiger partial charge on any atom is 0.323 e. The Labute approximate surface area is 208 Å². The zero-order valence-corrected chi connectivity index (χ0v) is 20.1. The van der Waals surface area contributed by atoms with E-state index in [0.717, 1.165) is 11.1 Å². The first-order chi connectivity index (χ1) is 17.5. The van der Waals surface area contributed by atoms with Crippen molar-refractivity contribution in [1.82, 2.24) is 4.90 Å². The predicted octanol–water partition coefficient (Wildman–Crippen LogP) is 4.77. The van der Waals surface area contributed by atoms with Gasteiger partial charge < -0.3 is 34.5 Å². The summed E-state index contributed by atoms with van der Waals surface area (Å²) < 4.78 is 22.1. The molecule has 1 unspecified atom stereocenters. The molecule has 0 radical (unpaired) electrons. The predicted molar refractivity (Wildman–Crippen MR) is 134 cm³/mol.